The Morgan fingerprint density at radius 3 is 2.65 bits per heavy atom. The maximum absolute atomic E-state index is 12.7. The molecule has 0 fully saturated rings. The second kappa shape index (κ2) is 6.17. The summed E-state index contributed by atoms with van der Waals surface area (Å²) in [4.78, 5) is 0.881. The molecular weight excluding hydrogens is 304 g/mol. The molecule has 0 spiro atoms. The van der Waals surface area contributed by atoms with Crippen LogP contribution in [0.4, 0.5) is 0 Å². The molecule has 0 N–H and O–H groups in total. The number of para-hydroxylation sites is 1. The average molecular weight is 322 g/mol. The predicted molar refractivity (Wildman–Crippen MR) is 94.4 cm³/mol. The molecule has 1 aliphatic heterocycles. The van der Waals surface area contributed by atoms with Gasteiger partial charge in [-0.25, -0.2) is 0 Å². The summed E-state index contributed by atoms with van der Waals surface area (Å²) in [6, 6.07) is 22.3. The van der Waals surface area contributed by atoms with Gasteiger partial charge in [0.2, 0.25) is 0 Å². The van der Waals surface area contributed by atoms with Crippen molar-refractivity contribution in [2.24, 2.45) is 0 Å². The summed E-state index contributed by atoms with van der Waals surface area (Å²) in [5.74, 6) is 1.49. The third-order valence-corrected chi connectivity index (χ3v) is 5.78. The number of aryl methyl sites for hydroxylation is 1. The van der Waals surface area contributed by atoms with Gasteiger partial charge in [-0.05, 0) is 47.4 Å². The summed E-state index contributed by atoms with van der Waals surface area (Å²) >= 11 is 0. The quantitative estimate of drug-likeness (QED) is 0.717. The second-order valence-electron chi connectivity index (χ2n) is 5.91. The molecule has 23 heavy (non-hydrogen) atoms. The van der Waals surface area contributed by atoms with Crippen molar-refractivity contribution < 1.29 is 8.95 Å². The van der Waals surface area contributed by atoms with Crippen LogP contribution in [0.5, 0.6) is 5.75 Å². The number of hydrogen-bond acceptors (Lipinski definition) is 2. The maximum Gasteiger partial charge on any atom is 0.122 e. The van der Waals surface area contributed by atoms with Gasteiger partial charge in [0.05, 0.1) is 16.6 Å². The van der Waals surface area contributed by atoms with Gasteiger partial charge >= 0.3 is 0 Å². The largest absolute Gasteiger partial charge is 0.489 e. The smallest absolute Gasteiger partial charge is 0.122 e. The fraction of sp³-hybridized carbons (Fsp3) is 0.200. The predicted octanol–water partition coefficient (Wildman–Crippen LogP) is 4.34. The summed E-state index contributed by atoms with van der Waals surface area (Å²) in [7, 11) is -1.04. The van der Waals surface area contributed by atoms with Crippen LogP contribution in [-0.2, 0) is 17.2 Å². The zero-order valence-electron chi connectivity index (χ0n) is 12.8. The molecule has 116 valence electrons. The molecule has 2 atom stereocenters. The minimum Gasteiger partial charge on any atom is -0.489 e. The molecule has 3 aromatic carbocycles. The first-order chi connectivity index (χ1) is 11.3. The van der Waals surface area contributed by atoms with Crippen molar-refractivity contribution in [3.63, 3.8) is 0 Å². The minimum absolute atomic E-state index is 0.0252. The van der Waals surface area contributed by atoms with E-state index < -0.39 is 10.8 Å². The normalized spacial score (nSPS) is 18.2. The summed E-state index contributed by atoms with van der Waals surface area (Å²) in [6.07, 6.45) is 1.95. The van der Waals surface area contributed by atoms with Crippen LogP contribution in [0, 0.1) is 0 Å². The maximum atomic E-state index is 12.7. The first-order valence-corrected chi connectivity index (χ1v) is 9.23. The van der Waals surface area contributed by atoms with E-state index in [1.54, 1.807) is 0 Å². The molecule has 0 saturated carbocycles. The molecule has 0 aliphatic carbocycles. The summed E-state index contributed by atoms with van der Waals surface area (Å²) in [5.41, 5.74) is 1.25. The van der Waals surface area contributed by atoms with Crippen molar-refractivity contribution in [1.82, 2.24) is 0 Å². The Balaban J connectivity index is 1.51. The molecule has 1 heterocycles. The Bertz CT molecular complexity index is 872. The van der Waals surface area contributed by atoms with Crippen LogP contribution in [0.3, 0.4) is 0 Å². The van der Waals surface area contributed by atoms with Gasteiger partial charge in [0.15, 0.2) is 0 Å². The topological polar surface area (TPSA) is 26.3 Å². The SMILES string of the molecule is O=[S@](C[C@H]1CCc2ccccc2O1)c1ccc2ccccc2c1. The van der Waals surface area contributed by atoms with E-state index in [1.807, 2.05) is 48.5 Å². The van der Waals surface area contributed by atoms with E-state index in [4.69, 9.17) is 4.74 Å². The van der Waals surface area contributed by atoms with Crippen molar-refractivity contribution in [3.05, 3.63) is 72.3 Å². The number of benzene rings is 3. The Hall–Kier alpha value is -2.13. The highest BCUT2D eigenvalue weighted by atomic mass is 32.2. The van der Waals surface area contributed by atoms with Gasteiger partial charge in [-0.15, -0.1) is 0 Å². The lowest BCUT2D eigenvalue weighted by Gasteiger charge is -2.25. The highest BCUT2D eigenvalue weighted by Crippen LogP contribution is 2.28. The second-order valence-corrected chi connectivity index (χ2v) is 7.40. The molecule has 3 aromatic rings. The van der Waals surface area contributed by atoms with Crippen LogP contribution < -0.4 is 4.74 Å². The first kappa shape index (κ1) is 14.5. The summed E-state index contributed by atoms with van der Waals surface area (Å²) < 4.78 is 18.7. The van der Waals surface area contributed by atoms with E-state index in [0.29, 0.717) is 5.75 Å². The van der Waals surface area contributed by atoms with Crippen molar-refractivity contribution >= 4 is 21.6 Å². The summed E-state index contributed by atoms with van der Waals surface area (Å²) in [5, 5.41) is 2.31. The number of fused-ring (bicyclic) bond motifs is 2. The van der Waals surface area contributed by atoms with Crippen molar-refractivity contribution in [1.29, 1.82) is 0 Å². The summed E-state index contributed by atoms with van der Waals surface area (Å²) in [6.45, 7) is 0. The van der Waals surface area contributed by atoms with Gasteiger partial charge < -0.3 is 4.74 Å². The zero-order chi connectivity index (χ0) is 15.6. The van der Waals surface area contributed by atoms with Crippen LogP contribution >= 0.6 is 0 Å². The Kier molecular flexibility index (Phi) is 3.88. The van der Waals surface area contributed by atoms with E-state index in [2.05, 4.69) is 18.2 Å². The van der Waals surface area contributed by atoms with Crippen LogP contribution in [0.2, 0.25) is 0 Å². The van der Waals surface area contributed by atoms with E-state index >= 15 is 0 Å². The van der Waals surface area contributed by atoms with Crippen LogP contribution in [0.1, 0.15) is 12.0 Å². The first-order valence-electron chi connectivity index (χ1n) is 7.91. The highest BCUT2D eigenvalue weighted by Gasteiger charge is 2.22. The highest BCUT2D eigenvalue weighted by molar-refractivity contribution is 7.85. The van der Waals surface area contributed by atoms with Crippen LogP contribution in [-0.4, -0.2) is 16.1 Å². The van der Waals surface area contributed by atoms with E-state index in [1.165, 1.54) is 10.9 Å². The van der Waals surface area contributed by atoms with Crippen molar-refractivity contribution in [2.45, 2.75) is 23.8 Å². The van der Waals surface area contributed by atoms with Gasteiger partial charge in [0.1, 0.15) is 11.9 Å². The Morgan fingerprint density at radius 1 is 0.957 bits per heavy atom. The molecule has 0 aromatic heterocycles. The molecule has 0 bridgehead atoms. The van der Waals surface area contributed by atoms with Crippen molar-refractivity contribution in [2.75, 3.05) is 5.75 Å². The molecule has 2 nitrogen and oxygen atoms in total. The molecule has 3 heteroatoms. The monoisotopic (exact) mass is 322 g/mol. The molecule has 4 rings (SSSR count). The lowest BCUT2D eigenvalue weighted by Crippen LogP contribution is -2.28. The fourth-order valence-corrected chi connectivity index (χ4v) is 4.31. The van der Waals surface area contributed by atoms with Gasteiger partial charge in [0, 0.05) is 4.90 Å². The van der Waals surface area contributed by atoms with Gasteiger partial charge in [-0.2, -0.15) is 0 Å². The number of rotatable bonds is 3. The fourth-order valence-electron chi connectivity index (χ4n) is 3.07. The minimum atomic E-state index is -1.04. The van der Waals surface area contributed by atoms with Crippen LogP contribution in [0.15, 0.2) is 71.6 Å². The zero-order valence-corrected chi connectivity index (χ0v) is 13.6. The molecule has 1 aliphatic rings. The number of ether oxygens (including phenoxy) is 1. The molecule has 0 unspecified atom stereocenters. The van der Waals surface area contributed by atoms with Gasteiger partial charge in [0.25, 0.3) is 0 Å². The van der Waals surface area contributed by atoms with E-state index in [0.717, 1.165) is 28.9 Å². The third kappa shape index (κ3) is 3.02. The lowest BCUT2D eigenvalue weighted by molar-refractivity contribution is 0.196. The molecule has 0 saturated heterocycles. The van der Waals surface area contributed by atoms with Crippen LogP contribution in [0.25, 0.3) is 10.8 Å². The van der Waals surface area contributed by atoms with Gasteiger partial charge in [-0.3, -0.25) is 4.21 Å². The lowest BCUT2D eigenvalue weighted by atomic mass is 10.0. The molecular formula is C20H18O2S. The molecule has 0 amide bonds. The average Bonchev–Trinajstić information content (AvgIpc) is 2.61. The van der Waals surface area contributed by atoms with Gasteiger partial charge in [-0.1, -0.05) is 48.5 Å². The van der Waals surface area contributed by atoms with E-state index in [9.17, 15) is 4.21 Å². The Labute approximate surface area is 138 Å². The third-order valence-electron chi connectivity index (χ3n) is 4.32. The number of hydrogen-bond donors (Lipinski definition) is 0. The van der Waals surface area contributed by atoms with Crippen molar-refractivity contribution in [3.8, 4) is 5.75 Å². The van der Waals surface area contributed by atoms with E-state index in [-0.39, 0.29) is 6.10 Å². The molecule has 0 radical (unpaired) electrons. The Morgan fingerprint density at radius 2 is 1.74 bits per heavy atom. The standard InChI is InChI=1S/C20H18O2S/c21-23(19-12-10-15-5-1-2-7-17(15)13-19)14-18-11-9-16-6-3-4-8-20(16)22-18/h1-8,10,12-13,18H,9,11,14H2/t18-,23-/m1/s1.